The van der Waals surface area contributed by atoms with Crippen LogP contribution in [-0.2, 0) is 26.7 Å². The van der Waals surface area contributed by atoms with Gasteiger partial charge in [-0.05, 0) is 37.0 Å². The van der Waals surface area contributed by atoms with Crippen LogP contribution in [0.5, 0.6) is 0 Å². The van der Waals surface area contributed by atoms with Crippen LogP contribution in [-0.4, -0.2) is 36.9 Å². The fourth-order valence-corrected chi connectivity index (χ4v) is 4.92. The number of aromatic nitrogens is 1. The van der Waals surface area contributed by atoms with Gasteiger partial charge in [-0.15, -0.1) is 0 Å². The molecule has 1 amide bonds. The van der Waals surface area contributed by atoms with E-state index in [2.05, 4.69) is 10.5 Å². The molecule has 0 saturated carbocycles. The van der Waals surface area contributed by atoms with Crippen molar-refractivity contribution in [3.63, 3.8) is 0 Å². The number of amides is 1. The third-order valence-corrected chi connectivity index (χ3v) is 7.22. The zero-order valence-electron chi connectivity index (χ0n) is 18.0. The quantitative estimate of drug-likeness (QED) is 0.740. The molecule has 3 rings (SSSR count). The maximum atomic E-state index is 12.8. The number of carbonyl (C=O) groups is 1. The van der Waals surface area contributed by atoms with Crippen molar-refractivity contribution in [3.8, 4) is 0 Å². The Morgan fingerprint density at radius 2 is 1.73 bits per heavy atom. The molecule has 0 atom stereocenters. The zero-order chi connectivity index (χ0) is 21.8. The molecular formula is C22H31N3O4S. The number of rotatable bonds is 6. The van der Waals surface area contributed by atoms with E-state index in [1.807, 2.05) is 20.8 Å². The number of nitrogens with zero attached hydrogens (tertiary/aromatic N) is 2. The Hall–Kier alpha value is -2.19. The number of carbonyl (C=O) groups excluding carboxylic acids is 1. The summed E-state index contributed by atoms with van der Waals surface area (Å²) in [5, 5.41) is 6.70. The van der Waals surface area contributed by atoms with Gasteiger partial charge in [-0.2, -0.15) is 4.31 Å². The molecule has 8 heteroatoms. The van der Waals surface area contributed by atoms with Crippen molar-refractivity contribution in [1.82, 2.24) is 9.46 Å². The van der Waals surface area contributed by atoms with Crippen LogP contribution in [0.2, 0.25) is 0 Å². The maximum absolute atomic E-state index is 12.8. The van der Waals surface area contributed by atoms with Gasteiger partial charge in [0.25, 0.3) is 0 Å². The van der Waals surface area contributed by atoms with Gasteiger partial charge in [0.15, 0.2) is 0 Å². The van der Waals surface area contributed by atoms with Gasteiger partial charge < -0.3 is 4.52 Å². The predicted molar refractivity (Wildman–Crippen MR) is 116 cm³/mol. The smallest absolute Gasteiger partial charge is 0.243 e. The molecule has 1 aromatic carbocycles. The lowest BCUT2D eigenvalue weighted by molar-refractivity contribution is -0.116. The summed E-state index contributed by atoms with van der Waals surface area (Å²) < 4.78 is 32.4. The lowest BCUT2D eigenvalue weighted by Crippen LogP contribution is -2.31. The SMILES string of the molecule is CC(C)(C)c1cc(NC(=O)CCc2ccc(S(=O)(=O)N3CCCCCC3)cc2)on1. The Bertz CT molecular complexity index is 951. The normalized spacial score (nSPS) is 16.2. The van der Waals surface area contributed by atoms with Gasteiger partial charge in [-0.3, -0.25) is 10.1 Å². The summed E-state index contributed by atoms with van der Waals surface area (Å²) >= 11 is 0. The highest BCUT2D eigenvalue weighted by atomic mass is 32.2. The van der Waals surface area contributed by atoms with E-state index in [0.29, 0.717) is 30.3 Å². The van der Waals surface area contributed by atoms with E-state index in [0.717, 1.165) is 36.9 Å². The summed E-state index contributed by atoms with van der Waals surface area (Å²) in [4.78, 5) is 12.5. The number of hydrogen-bond acceptors (Lipinski definition) is 5. The van der Waals surface area contributed by atoms with Crippen molar-refractivity contribution < 1.29 is 17.7 Å². The lowest BCUT2D eigenvalue weighted by atomic mass is 9.92. The monoisotopic (exact) mass is 433 g/mol. The number of aryl methyl sites for hydroxylation is 1. The van der Waals surface area contributed by atoms with Crippen molar-refractivity contribution in [2.75, 3.05) is 18.4 Å². The highest BCUT2D eigenvalue weighted by Crippen LogP contribution is 2.24. The summed E-state index contributed by atoms with van der Waals surface area (Å²) in [6, 6.07) is 8.58. The first-order valence-corrected chi connectivity index (χ1v) is 12.0. The van der Waals surface area contributed by atoms with E-state index in [1.165, 1.54) is 0 Å². The molecule has 0 unspecified atom stereocenters. The maximum Gasteiger partial charge on any atom is 0.243 e. The van der Waals surface area contributed by atoms with Gasteiger partial charge in [0.1, 0.15) is 0 Å². The molecule has 1 aliphatic heterocycles. The van der Waals surface area contributed by atoms with Gasteiger partial charge >= 0.3 is 0 Å². The van der Waals surface area contributed by atoms with Crippen LogP contribution in [0.1, 0.15) is 64.1 Å². The van der Waals surface area contributed by atoms with Crippen LogP contribution in [0.25, 0.3) is 0 Å². The minimum Gasteiger partial charge on any atom is -0.338 e. The fraction of sp³-hybridized carbons (Fsp3) is 0.545. The van der Waals surface area contributed by atoms with Crippen LogP contribution in [0.3, 0.4) is 0 Å². The first-order valence-electron chi connectivity index (χ1n) is 10.5. The molecule has 30 heavy (non-hydrogen) atoms. The minimum atomic E-state index is -3.45. The first-order chi connectivity index (χ1) is 14.2. The molecule has 0 bridgehead atoms. The Morgan fingerprint density at radius 1 is 1.10 bits per heavy atom. The molecule has 1 saturated heterocycles. The van der Waals surface area contributed by atoms with E-state index in [4.69, 9.17) is 4.52 Å². The molecular weight excluding hydrogens is 402 g/mol. The molecule has 164 valence electrons. The topological polar surface area (TPSA) is 92.5 Å². The van der Waals surface area contributed by atoms with Crippen molar-refractivity contribution >= 4 is 21.8 Å². The summed E-state index contributed by atoms with van der Waals surface area (Å²) in [5.41, 5.74) is 1.54. The van der Waals surface area contributed by atoms with Crippen LogP contribution in [0, 0.1) is 0 Å². The molecule has 1 aromatic heterocycles. The second-order valence-corrected chi connectivity index (χ2v) is 10.8. The van der Waals surface area contributed by atoms with E-state index in [-0.39, 0.29) is 17.7 Å². The molecule has 1 fully saturated rings. The molecule has 7 nitrogen and oxygen atoms in total. The summed E-state index contributed by atoms with van der Waals surface area (Å²) in [5.74, 6) is 0.164. The van der Waals surface area contributed by atoms with Crippen molar-refractivity contribution in [2.24, 2.45) is 0 Å². The van der Waals surface area contributed by atoms with Gasteiger partial charge in [0.2, 0.25) is 21.8 Å². The molecule has 2 aromatic rings. The Labute approximate surface area is 178 Å². The van der Waals surface area contributed by atoms with E-state index < -0.39 is 10.0 Å². The van der Waals surface area contributed by atoms with E-state index in [9.17, 15) is 13.2 Å². The number of anilines is 1. The lowest BCUT2D eigenvalue weighted by Gasteiger charge is -2.20. The number of hydrogen-bond donors (Lipinski definition) is 1. The van der Waals surface area contributed by atoms with E-state index in [1.54, 1.807) is 34.6 Å². The van der Waals surface area contributed by atoms with Crippen LogP contribution in [0.4, 0.5) is 5.88 Å². The number of benzene rings is 1. The zero-order valence-corrected chi connectivity index (χ0v) is 18.8. The van der Waals surface area contributed by atoms with E-state index >= 15 is 0 Å². The summed E-state index contributed by atoms with van der Waals surface area (Å²) in [7, 11) is -3.45. The minimum absolute atomic E-state index is 0.151. The van der Waals surface area contributed by atoms with Gasteiger partial charge in [0.05, 0.1) is 10.6 Å². The number of nitrogens with one attached hydrogen (secondary N) is 1. The predicted octanol–water partition coefficient (Wildman–Crippen LogP) is 4.11. The molecule has 1 aliphatic rings. The first kappa shape index (κ1) is 22.5. The molecule has 1 N–H and O–H groups in total. The molecule has 0 spiro atoms. The molecule has 0 aliphatic carbocycles. The molecule has 2 heterocycles. The van der Waals surface area contributed by atoms with Crippen molar-refractivity contribution in [1.29, 1.82) is 0 Å². The van der Waals surface area contributed by atoms with Crippen LogP contribution < -0.4 is 5.32 Å². The highest BCUT2D eigenvalue weighted by Gasteiger charge is 2.25. The average Bonchev–Trinajstić information content (AvgIpc) is 2.99. The Balaban J connectivity index is 1.55. The third-order valence-electron chi connectivity index (χ3n) is 5.31. The van der Waals surface area contributed by atoms with Crippen molar-refractivity contribution in [3.05, 3.63) is 41.6 Å². The highest BCUT2D eigenvalue weighted by molar-refractivity contribution is 7.89. The van der Waals surface area contributed by atoms with Gasteiger partial charge in [0, 0.05) is 31.0 Å². The standard InChI is InChI=1S/C22H31N3O4S/c1-22(2,3)19-16-21(29-24-19)23-20(26)13-10-17-8-11-18(12-9-17)30(27,28)25-14-6-4-5-7-15-25/h8-9,11-12,16H,4-7,10,13-15H2,1-3H3,(H,23,26). The summed E-state index contributed by atoms with van der Waals surface area (Å²) in [6.07, 6.45) is 4.76. The molecule has 0 radical (unpaired) electrons. The Kier molecular flexibility index (Phi) is 6.98. The van der Waals surface area contributed by atoms with Crippen LogP contribution >= 0.6 is 0 Å². The second kappa shape index (κ2) is 9.31. The second-order valence-electron chi connectivity index (χ2n) is 8.84. The van der Waals surface area contributed by atoms with Crippen molar-refractivity contribution in [2.45, 2.75) is 69.6 Å². The average molecular weight is 434 g/mol. The van der Waals surface area contributed by atoms with Gasteiger partial charge in [-0.1, -0.05) is 50.9 Å². The fourth-order valence-electron chi connectivity index (χ4n) is 3.40. The number of sulfonamides is 1. The van der Waals surface area contributed by atoms with Gasteiger partial charge in [-0.25, -0.2) is 8.42 Å². The Morgan fingerprint density at radius 3 is 2.30 bits per heavy atom. The third kappa shape index (κ3) is 5.70. The van der Waals surface area contributed by atoms with Crippen LogP contribution in [0.15, 0.2) is 39.8 Å². The largest absolute Gasteiger partial charge is 0.338 e. The summed E-state index contributed by atoms with van der Waals surface area (Å²) in [6.45, 7) is 7.24.